The van der Waals surface area contributed by atoms with Gasteiger partial charge in [0.15, 0.2) is 6.61 Å². The number of aryl methyl sites for hydroxylation is 1. The van der Waals surface area contributed by atoms with Gasteiger partial charge < -0.3 is 14.5 Å². The molecule has 132 valence electrons. The molecule has 3 rings (SSSR count). The minimum atomic E-state index is -0.0205. The summed E-state index contributed by atoms with van der Waals surface area (Å²) in [5.41, 5.74) is 1.01. The van der Waals surface area contributed by atoms with E-state index in [4.69, 9.17) is 4.74 Å². The lowest BCUT2D eigenvalue weighted by Gasteiger charge is -2.38. The Labute approximate surface area is 148 Å². The maximum Gasteiger partial charge on any atom is 0.260 e. The Morgan fingerprint density at radius 3 is 3.00 bits per heavy atom. The van der Waals surface area contributed by atoms with Crippen LogP contribution < -0.4 is 9.64 Å². The van der Waals surface area contributed by atoms with Gasteiger partial charge in [0.25, 0.3) is 5.91 Å². The Bertz CT molecular complexity index is 708. The Hall–Kier alpha value is -2.63. The number of piperidine rings is 1. The van der Waals surface area contributed by atoms with Crippen LogP contribution >= 0.6 is 0 Å². The lowest BCUT2D eigenvalue weighted by Crippen LogP contribution is -2.50. The molecule has 6 nitrogen and oxygen atoms in total. The first-order valence-corrected chi connectivity index (χ1v) is 8.60. The molecule has 1 aliphatic heterocycles. The second-order valence-corrected chi connectivity index (χ2v) is 6.36. The van der Waals surface area contributed by atoms with Gasteiger partial charge in [-0.2, -0.15) is 0 Å². The Kier molecular flexibility index (Phi) is 5.48. The van der Waals surface area contributed by atoms with E-state index in [9.17, 15) is 4.79 Å². The smallest absolute Gasteiger partial charge is 0.260 e. The van der Waals surface area contributed by atoms with Crippen molar-refractivity contribution in [2.45, 2.75) is 25.8 Å². The molecule has 1 fully saturated rings. The Morgan fingerprint density at radius 1 is 1.36 bits per heavy atom. The van der Waals surface area contributed by atoms with E-state index in [0.29, 0.717) is 5.75 Å². The molecule has 1 amide bonds. The number of pyridine rings is 2. The van der Waals surface area contributed by atoms with Crippen LogP contribution in [0.5, 0.6) is 5.75 Å². The van der Waals surface area contributed by atoms with Crippen LogP contribution in [-0.2, 0) is 4.79 Å². The maximum atomic E-state index is 12.5. The molecule has 0 radical (unpaired) electrons. The van der Waals surface area contributed by atoms with Crippen molar-refractivity contribution < 1.29 is 9.53 Å². The molecule has 0 unspecified atom stereocenters. The molecule has 0 spiro atoms. The summed E-state index contributed by atoms with van der Waals surface area (Å²) in [6.45, 7) is 3.80. The van der Waals surface area contributed by atoms with Gasteiger partial charge in [-0.15, -0.1) is 0 Å². The van der Waals surface area contributed by atoms with E-state index in [1.165, 1.54) is 0 Å². The van der Waals surface area contributed by atoms with Crippen molar-refractivity contribution in [3.05, 3.63) is 48.4 Å². The molecule has 2 aromatic heterocycles. The zero-order valence-corrected chi connectivity index (χ0v) is 14.8. The van der Waals surface area contributed by atoms with Gasteiger partial charge in [-0.05, 0) is 44.0 Å². The van der Waals surface area contributed by atoms with Gasteiger partial charge in [0.05, 0.1) is 6.20 Å². The highest BCUT2D eigenvalue weighted by molar-refractivity contribution is 5.78. The SMILES string of the molecule is Cc1cccc(N2CCC[C@H](N(C)C(=O)COc3cccnc3)C2)n1. The van der Waals surface area contributed by atoms with Crippen molar-refractivity contribution in [2.75, 3.05) is 31.6 Å². The molecule has 2 aromatic rings. The van der Waals surface area contributed by atoms with Crippen LogP contribution in [0.15, 0.2) is 42.7 Å². The topological polar surface area (TPSA) is 58.6 Å². The second kappa shape index (κ2) is 7.96. The average Bonchev–Trinajstić information content (AvgIpc) is 2.66. The molecule has 1 atom stereocenters. The van der Waals surface area contributed by atoms with E-state index >= 15 is 0 Å². The van der Waals surface area contributed by atoms with Gasteiger partial charge >= 0.3 is 0 Å². The van der Waals surface area contributed by atoms with Crippen LogP contribution in [0.25, 0.3) is 0 Å². The second-order valence-electron chi connectivity index (χ2n) is 6.36. The van der Waals surface area contributed by atoms with Crippen molar-refractivity contribution in [3.8, 4) is 5.75 Å². The molecule has 0 aliphatic carbocycles. The van der Waals surface area contributed by atoms with Crippen molar-refractivity contribution in [3.63, 3.8) is 0 Å². The minimum Gasteiger partial charge on any atom is -0.482 e. The van der Waals surface area contributed by atoms with Crippen molar-refractivity contribution in [2.24, 2.45) is 0 Å². The van der Waals surface area contributed by atoms with Gasteiger partial charge in [0, 0.05) is 38.1 Å². The number of anilines is 1. The highest BCUT2D eigenvalue weighted by Crippen LogP contribution is 2.21. The third-order valence-electron chi connectivity index (χ3n) is 4.53. The molecule has 1 aliphatic rings. The van der Waals surface area contributed by atoms with Gasteiger partial charge in [0.2, 0.25) is 0 Å². The number of amides is 1. The highest BCUT2D eigenvalue weighted by atomic mass is 16.5. The van der Waals surface area contributed by atoms with E-state index in [0.717, 1.165) is 37.4 Å². The van der Waals surface area contributed by atoms with Crippen molar-refractivity contribution in [1.82, 2.24) is 14.9 Å². The quantitative estimate of drug-likeness (QED) is 0.836. The van der Waals surface area contributed by atoms with Crippen LogP contribution in [0.3, 0.4) is 0 Å². The number of carbonyl (C=O) groups is 1. The van der Waals surface area contributed by atoms with E-state index in [1.807, 2.05) is 32.2 Å². The number of carbonyl (C=O) groups excluding carboxylic acids is 1. The number of ether oxygens (including phenoxy) is 1. The van der Waals surface area contributed by atoms with Gasteiger partial charge in [-0.3, -0.25) is 9.78 Å². The van der Waals surface area contributed by atoms with Gasteiger partial charge in [-0.1, -0.05) is 6.07 Å². The van der Waals surface area contributed by atoms with Crippen molar-refractivity contribution in [1.29, 1.82) is 0 Å². The first-order valence-electron chi connectivity index (χ1n) is 8.60. The van der Waals surface area contributed by atoms with E-state index in [-0.39, 0.29) is 18.6 Å². The van der Waals surface area contributed by atoms with E-state index < -0.39 is 0 Å². The largest absolute Gasteiger partial charge is 0.482 e. The molecule has 6 heteroatoms. The van der Waals surface area contributed by atoms with Crippen LogP contribution in [0.1, 0.15) is 18.5 Å². The molecule has 0 bridgehead atoms. The Morgan fingerprint density at radius 2 is 2.24 bits per heavy atom. The molecule has 0 saturated carbocycles. The third-order valence-corrected chi connectivity index (χ3v) is 4.53. The fraction of sp³-hybridized carbons (Fsp3) is 0.421. The number of aromatic nitrogens is 2. The fourth-order valence-corrected chi connectivity index (χ4v) is 3.07. The zero-order valence-electron chi connectivity index (χ0n) is 14.8. The molecule has 25 heavy (non-hydrogen) atoms. The minimum absolute atomic E-state index is 0.0205. The monoisotopic (exact) mass is 340 g/mol. The number of hydrogen-bond donors (Lipinski definition) is 0. The summed E-state index contributed by atoms with van der Waals surface area (Å²) in [6, 6.07) is 9.81. The first kappa shape index (κ1) is 17.2. The normalized spacial score (nSPS) is 17.2. The lowest BCUT2D eigenvalue weighted by atomic mass is 10.0. The van der Waals surface area contributed by atoms with Crippen LogP contribution in [0.2, 0.25) is 0 Å². The molecular weight excluding hydrogens is 316 g/mol. The summed E-state index contributed by atoms with van der Waals surface area (Å²) in [5.74, 6) is 1.57. The predicted octanol–water partition coefficient (Wildman–Crippen LogP) is 2.29. The number of likely N-dealkylation sites (N-methyl/N-ethyl adjacent to an activating group) is 1. The number of rotatable bonds is 5. The third kappa shape index (κ3) is 4.47. The summed E-state index contributed by atoms with van der Waals surface area (Å²) < 4.78 is 5.53. The summed E-state index contributed by atoms with van der Waals surface area (Å²) >= 11 is 0. The lowest BCUT2D eigenvalue weighted by molar-refractivity contribution is -0.134. The van der Waals surface area contributed by atoms with Crippen LogP contribution in [0.4, 0.5) is 5.82 Å². The van der Waals surface area contributed by atoms with E-state index in [2.05, 4.69) is 14.9 Å². The fourth-order valence-electron chi connectivity index (χ4n) is 3.07. The number of nitrogens with zero attached hydrogens (tertiary/aromatic N) is 4. The zero-order chi connectivity index (χ0) is 17.6. The summed E-state index contributed by atoms with van der Waals surface area (Å²) in [6.07, 6.45) is 5.33. The van der Waals surface area contributed by atoms with E-state index in [1.54, 1.807) is 29.4 Å². The summed E-state index contributed by atoms with van der Waals surface area (Å²) in [5, 5.41) is 0. The standard InChI is InChI=1S/C19H24N4O2/c1-15-6-3-9-18(21-15)23-11-5-7-16(13-23)22(2)19(24)14-25-17-8-4-10-20-12-17/h3-4,6,8-10,12,16H,5,7,11,13-14H2,1-2H3/t16-/m0/s1. The first-order chi connectivity index (χ1) is 12.1. The number of hydrogen-bond acceptors (Lipinski definition) is 5. The average molecular weight is 340 g/mol. The molecule has 3 heterocycles. The van der Waals surface area contributed by atoms with Crippen molar-refractivity contribution >= 4 is 11.7 Å². The Balaban J connectivity index is 1.57. The molecule has 0 N–H and O–H groups in total. The highest BCUT2D eigenvalue weighted by Gasteiger charge is 2.27. The van der Waals surface area contributed by atoms with Crippen LogP contribution in [-0.4, -0.2) is 53.6 Å². The van der Waals surface area contributed by atoms with Crippen LogP contribution in [0, 0.1) is 6.92 Å². The predicted molar refractivity (Wildman–Crippen MR) is 96.7 cm³/mol. The summed E-state index contributed by atoms with van der Waals surface area (Å²) in [4.78, 5) is 25.1. The summed E-state index contributed by atoms with van der Waals surface area (Å²) in [7, 11) is 1.85. The van der Waals surface area contributed by atoms with Gasteiger partial charge in [0.1, 0.15) is 11.6 Å². The van der Waals surface area contributed by atoms with Gasteiger partial charge in [-0.25, -0.2) is 4.98 Å². The molecular formula is C19H24N4O2. The molecule has 1 saturated heterocycles. The maximum absolute atomic E-state index is 12.5. The molecule has 0 aromatic carbocycles.